The molecule has 3 amide bonds. The van der Waals surface area contributed by atoms with E-state index in [1.807, 2.05) is 13.0 Å². The van der Waals surface area contributed by atoms with Gasteiger partial charge in [0.1, 0.15) is 21.7 Å². The lowest BCUT2D eigenvalue weighted by Gasteiger charge is -2.40. The minimum absolute atomic E-state index is 0.126. The molecule has 35 heavy (non-hydrogen) atoms. The summed E-state index contributed by atoms with van der Waals surface area (Å²) in [5.41, 5.74) is 2.37. The minimum Gasteiger partial charge on any atom is -0.495 e. The summed E-state index contributed by atoms with van der Waals surface area (Å²) in [5.74, 6) is 0.157. The molecule has 0 aliphatic carbocycles. The van der Waals surface area contributed by atoms with Gasteiger partial charge in [0.15, 0.2) is 0 Å². The Hall–Kier alpha value is -3.62. The number of aryl methyl sites for hydroxylation is 2. The number of urea groups is 1. The number of aromatic nitrogens is 4. The van der Waals surface area contributed by atoms with Gasteiger partial charge in [0.05, 0.1) is 55.3 Å². The summed E-state index contributed by atoms with van der Waals surface area (Å²) in [4.78, 5) is 39.4. The van der Waals surface area contributed by atoms with Crippen molar-refractivity contribution in [1.82, 2.24) is 24.6 Å². The zero-order chi connectivity index (χ0) is 24.9. The zero-order valence-electron chi connectivity index (χ0n) is 19.1. The second-order valence-corrected chi connectivity index (χ2v) is 9.63. The molecule has 2 atom stereocenters. The summed E-state index contributed by atoms with van der Waals surface area (Å²) < 4.78 is 6.97. The fourth-order valence-electron chi connectivity index (χ4n) is 4.37. The van der Waals surface area contributed by atoms with Crippen LogP contribution in [0.5, 0.6) is 5.75 Å². The number of hydrogen-bond acceptors (Lipinski definition) is 8. The van der Waals surface area contributed by atoms with Crippen molar-refractivity contribution in [2.45, 2.75) is 24.6 Å². The van der Waals surface area contributed by atoms with Crippen LogP contribution in [0.3, 0.4) is 0 Å². The van der Waals surface area contributed by atoms with Gasteiger partial charge >= 0.3 is 6.03 Å². The molecule has 2 unspecified atom stereocenters. The van der Waals surface area contributed by atoms with Crippen LogP contribution in [-0.4, -0.2) is 61.5 Å². The third-order valence-corrected chi connectivity index (χ3v) is 7.82. The van der Waals surface area contributed by atoms with Gasteiger partial charge < -0.3 is 9.64 Å². The van der Waals surface area contributed by atoms with Gasteiger partial charge in [-0.3, -0.25) is 14.5 Å². The summed E-state index contributed by atoms with van der Waals surface area (Å²) >= 11 is 7.68. The fourth-order valence-corrected chi connectivity index (χ4v) is 5.98. The summed E-state index contributed by atoms with van der Waals surface area (Å²) in [6, 6.07) is 2.80. The molecule has 10 nitrogen and oxygen atoms in total. The Bertz CT molecular complexity index is 1450. The number of nitriles is 1. The van der Waals surface area contributed by atoms with E-state index in [9.17, 15) is 14.9 Å². The standard InChI is InChI=1S/C23H20ClN7O3S/c1-12-19-15(28-29(12)2)10-26-11-17(19)31-22(32)20-16(30(23(31)33)6-4-5-25)8-18(35-20)14-7-13(34-3)9-27-21(14)24/h7-11,16,20H,4,6H2,1-3H3. The normalized spacial score (nSPS) is 19.7. The molecular weight excluding hydrogens is 490 g/mol. The first-order valence-electron chi connectivity index (χ1n) is 10.7. The Morgan fingerprint density at radius 1 is 1.29 bits per heavy atom. The van der Waals surface area contributed by atoms with Gasteiger partial charge in [-0.1, -0.05) is 11.6 Å². The van der Waals surface area contributed by atoms with Crippen molar-refractivity contribution in [1.29, 1.82) is 5.26 Å². The maximum Gasteiger partial charge on any atom is 0.332 e. The highest BCUT2D eigenvalue weighted by molar-refractivity contribution is 8.09. The van der Waals surface area contributed by atoms with Crippen molar-refractivity contribution in [3.05, 3.63) is 47.1 Å². The number of nitrogens with zero attached hydrogens (tertiary/aromatic N) is 7. The summed E-state index contributed by atoms with van der Waals surface area (Å²) in [7, 11) is 3.33. The largest absolute Gasteiger partial charge is 0.495 e. The van der Waals surface area contributed by atoms with E-state index in [-0.39, 0.29) is 24.0 Å². The molecule has 5 heterocycles. The average molecular weight is 510 g/mol. The Morgan fingerprint density at radius 3 is 2.83 bits per heavy atom. The zero-order valence-corrected chi connectivity index (χ0v) is 20.7. The molecule has 12 heteroatoms. The number of amides is 3. The number of ether oxygens (including phenoxy) is 1. The van der Waals surface area contributed by atoms with E-state index in [0.29, 0.717) is 27.9 Å². The highest BCUT2D eigenvalue weighted by atomic mass is 35.5. The number of pyridine rings is 2. The lowest BCUT2D eigenvalue weighted by molar-refractivity contribution is -0.119. The van der Waals surface area contributed by atoms with Crippen LogP contribution >= 0.6 is 23.4 Å². The van der Waals surface area contributed by atoms with Crippen LogP contribution in [0.25, 0.3) is 15.8 Å². The summed E-state index contributed by atoms with van der Waals surface area (Å²) in [6.07, 6.45) is 6.59. The number of rotatable bonds is 5. The number of halogens is 1. The lowest BCUT2D eigenvalue weighted by Crippen LogP contribution is -2.62. The number of thioether (sulfide) groups is 1. The summed E-state index contributed by atoms with van der Waals surface area (Å²) in [6.45, 7) is 2.04. The quantitative estimate of drug-likeness (QED) is 0.479. The minimum atomic E-state index is -0.629. The fraction of sp³-hybridized carbons (Fsp3) is 0.304. The third kappa shape index (κ3) is 3.69. The van der Waals surface area contributed by atoms with E-state index >= 15 is 0 Å². The van der Waals surface area contributed by atoms with E-state index < -0.39 is 17.3 Å². The van der Waals surface area contributed by atoms with Gasteiger partial charge in [-0.05, 0) is 19.1 Å². The molecule has 3 aromatic rings. The summed E-state index contributed by atoms with van der Waals surface area (Å²) in [5, 5.41) is 14.0. The number of carbonyl (C=O) groups excluding carboxylic acids is 2. The van der Waals surface area contributed by atoms with Gasteiger partial charge in [-0.15, -0.1) is 11.8 Å². The molecule has 0 bridgehead atoms. The van der Waals surface area contributed by atoms with Crippen LogP contribution in [0.2, 0.25) is 5.15 Å². The van der Waals surface area contributed by atoms with Crippen LogP contribution in [0.1, 0.15) is 17.7 Å². The van der Waals surface area contributed by atoms with Crippen molar-refractivity contribution in [2.24, 2.45) is 7.05 Å². The number of methoxy groups -OCH3 is 1. The van der Waals surface area contributed by atoms with Crippen LogP contribution < -0.4 is 9.64 Å². The first-order valence-corrected chi connectivity index (χ1v) is 12.0. The van der Waals surface area contributed by atoms with Crippen LogP contribution in [-0.2, 0) is 11.8 Å². The number of imide groups is 1. The molecule has 1 fully saturated rings. The number of anilines is 1. The third-order valence-electron chi connectivity index (χ3n) is 6.18. The molecule has 1 saturated heterocycles. The molecule has 0 saturated carbocycles. The smallest absolute Gasteiger partial charge is 0.332 e. The first kappa shape index (κ1) is 23.1. The van der Waals surface area contributed by atoms with Gasteiger partial charge in [0.25, 0.3) is 5.91 Å². The second kappa shape index (κ2) is 8.87. The predicted molar refractivity (Wildman–Crippen MR) is 132 cm³/mol. The molecule has 0 radical (unpaired) electrons. The molecule has 2 aliphatic rings. The topological polar surface area (TPSA) is 117 Å². The van der Waals surface area contributed by atoms with E-state index in [1.165, 1.54) is 31.3 Å². The highest BCUT2D eigenvalue weighted by Gasteiger charge is 2.50. The van der Waals surface area contributed by atoms with E-state index in [2.05, 4.69) is 21.1 Å². The number of carbonyl (C=O) groups is 2. The van der Waals surface area contributed by atoms with Crippen LogP contribution in [0, 0.1) is 18.3 Å². The molecule has 0 spiro atoms. The van der Waals surface area contributed by atoms with Gasteiger partial charge in [-0.25, -0.2) is 14.7 Å². The van der Waals surface area contributed by atoms with Gasteiger partial charge in [-0.2, -0.15) is 10.4 Å². The maximum atomic E-state index is 13.8. The monoisotopic (exact) mass is 509 g/mol. The maximum absolute atomic E-state index is 13.8. The van der Waals surface area contributed by atoms with Crippen molar-refractivity contribution >= 4 is 56.8 Å². The number of hydrogen-bond donors (Lipinski definition) is 0. The van der Waals surface area contributed by atoms with Crippen molar-refractivity contribution in [3.8, 4) is 11.8 Å². The van der Waals surface area contributed by atoms with Gasteiger partial charge in [0, 0.05) is 29.8 Å². The molecule has 0 N–H and O–H groups in total. The lowest BCUT2D eigenvalue weighted by atomic mass is 10.0. The van der Waals surface area contributed by atoms with Crippen molar-refractivity contribution < 1.29 is 14.3 Å². The van der Waals surface area contributed by atoms with Gasteiger partial charge in [0.2, 0.25) is 0 Å². The SMILES string of the molecule is COc1cnc(Cl)c(C2=CC3C(S2)C(=O)N(c2cncc4nn(C)c(C)c24)C(=O)N3CCC#N)c1. The molecular formula is C23H20ClN7O3S. The highest BCUT2D eigenvalue weighted by Crippen LogP contribution is 2.47. The van der Waals surface area contributed by atoms with Crippen molar-refractivity contribution in [3.63, 3.8) is 0 Å². The van der Waals surface area contributed by atoms with Crippen LogP contribution in [0.15, 0.2) is 30.7 Å². The average Bonchev–Trinajstić information content (AvgIpc) is 3.41. The van der Waals surface area contributed by atoms with E-state index in [4.69, 9.17) is 16.3 Å². The Labute approximate surface area is 210 Å². The van der Waals surface area contributed by atoms with Crippen molar-refractivity contribution in [2.75, 3.05) is 18.6 Å². The molecule has 0 aromatic carbocycles. The number of fused-ring (bicyclic) bond motifs is 2. The predicted octanol–water partition coefficient (Wildman–Crippen LogP) is 3.54. The Kier molecular flexibility index (Phi) is 5.86. The Morgan fingerprint density at radius 2 is 2.09 bits per heavy atom. The molecule has 178 valence electrons. The second-order valence-electron chi connectivity index (χ2n) is 8.09. The molecule has 3 aromatic heterocycles. The molecule has 2 aliphatic heterocycles. The first-order chi connectivity index (χ1) is 16.8. The van der Waals surface area contributed by atoms with Crippen LogP contribution in [0.4, 0.5) is 10.5 Å². The van der Waals surface area contributed by atoms with E-state index in [0.717, 1.165) is 15.5 Å². The molecule has 5 rings (SSSR count). The Balaban J connectivity index is 1.60. The van der Waals surface area contributed by atoms with E-state index in [1.54, 1.807) is 28.9 Å².